The Labute approximate surface area is 179 Å². The lowest BCUT2D eigenvalue weighted by Gasteiger charge is -2.40. The monoisotopic (exact) mass is 399 g/mol. The van der Waals surface area contributed by atoms with Crippen molar-refractivity contribution in [2.75, 3.05) is 13.1 Å². The molecule has 1 aliphatic rings. The largest absolute Gasteiger partial charge is 0.385 e. The van der Waals surface area contributed by atoms with E-state index in [1.54, 1.807) is 0 Å². The molecule has 3 aromatic carbocycles. The van der Waals surface area contributed by atoms with E-state index < -0.39 is 5.60 Å². The second-order valence-corrected chi connectivity index (χ2v) is 8.33. The molecule has 0 saturated carbocycles. The summed E-state index contributed by atoms with van der Waals surface area (Å²) in [5, 5.41) is 11.0. The number of Topliss-reactive ketones (excluding diaryl/α,β-unsaturated/α-hetero) is 1. The van der Waals surface area contributed by atoms with E-state index in [2.05, 4.69) is 29.2 Å². The molecule has 3 heteroatoms. The molecule has 3 aromatic rings. The molecular weight excluding hydrogens is 370 g/mol. The lowest BCUT2D eigenvalue weighted by atomic mass is 9.84. The van der Waals surface area contributed by atoms with E-state index in [0.29, 0.717) is 25.9 Å². The Hall–Kier alpha value is -2.75. The van der Waals surface area contributed by atoms with Crippen molar-refractivity contribution in [3.63, 3.8) is 0 Å². The minimum Gasteiger partial charge on any atom is -0.385 e. The van der Waals surface area contributed by atoms with Gasteiger partial charge in [0.05, 0.1) is 11.6 Å². The van der Waals surface area contributed by atoms with Gasteiger partial charge in [0.25, 0.3) is 0 Å². The van der Waals surface area contributed by atoms with Crippen molar-refractivity contribution >= 4 is 5.78 Å². The Bertz CT molecular complexity index is 959. The van der Waals surface area contributed by atoms with Crippen LogP contribution >= 0.6 is 0 Å². The number of nitrogens with zero attached hydrogens (tertiary/aromatic N) is 1. The topological polar surface area (TPSA) is 40.5 Å². The summed E-state index contributed by atoms with van der Waals surface area (Å²) in [5.74, 6) is 0.145. The number of aliphatic hydroxyl groups is 1. The van der Waals surface area contributed by atoms with E-state index in [0.717, 1.165) is 17.5 Å². The Kier molecular flexibility index (Phi) is 6.12. The Morgan fingerprint density at radius 2 is 1.40 bits per heavy atom. The number of hydrogen-bond donors (Lipinski definition) is 1. The molecule has 0 amide bonds. The van der Waals surface area contributed by atoms with Gasteiger partial charge in [-0.15, -0.1) is 0 Å². The molecule has 1 N–H and O–H groups in total. The summed E-state index contributed by atoms with van der Waals surface area (Å²) < 4.78 is 0. The van der Waals surface area contributed by atoms with Crippen molar-refractivity contribution in [1.29, 1.82) is 0 Å². The first kappa shape index (κ1) is 20.5. The molecule has 1 aliphatic heterocycles. The summed E-state index contributed by atoms with van der Waals surface area (Å²) >= 11 is 0. The molecule has 1 atom stereocenters. The molecule has 1 fully saturated rings. The number of rotatable bonds is 6. The molecule has 154 valence electrons. The summed E-state index contributed by atoms with van der Waals surface area (Å²) in [6.45, 7) is 3.40. The van der Waals surface area contributed by atoms with Crippen LogP contribution < -0.4 is 0 Å². The van der Waals surface area contributed by atoms with Crippen LogP contribution in [0.5, 0.6) is 0 Å². The van der Waals surface area contributed by atoms with Crippen LogP contribution in [0.2, 0.25) is 0 Å². The van der Waals surface area contributed by atoms with Crippen LogP contribution in [0.3, 0.4) is 0 Å². The fourth-order valence-corrected chi connectivity index (χ4v) is 4.34. The minimum absolute atomic E-state index is 0.145. The third-order valence-electron chi connectivity index (χ3n) is 6.35. The molecule has 0 bridgehead atoms. The smallest absolute Gasteiger partial charge is 0.179 e. The third-order valence-corrected chi connectivity index (χ3v) is 6.35. The van der Waals surface area contributed by atoms with E-state index in [1.807, 2.05) is 67.6 Å². The second kappa shape index (κ2) is 8.95. The summed E-state index contributed by atoms with van der Waals surface area (Å²) in [6, 6.07) is 28.0. The normalized spacial score (nSPS) is 17.4. The predicted octanol–water partition coefficient (Wildman–Crippen LogP) is 4.83. The van der Waals surface area contributed by atoms with Gasteiger partial charge < -0.3 is 5.11 Å². The van der Waals surface area contributed by atoms with Crippen LogP contribution in [-0.2, 0) is 12.0 Å². The SMILES string of the molecule is C[C@@H](C(=O)c1ccc(Cc2ccccc2)cc1)N1CCC(O)(c2ccccc2)CC1. The van der Waals surface area contributed by atoms with Crippen molar-refractivity contribution in [2.45, 2.75) is 37.8 Å². The highest BCUT2D eigenvalue weighted by atomic mass is 16.3. The molecule has 1 saturated heterocycles. The molecule has 4 rings (SSSR count). The molecule has 0 aromatic heterocycles. The number of likely N-dealkylation sites (tertiary alicyclic amines) is 1. The summed E-state index contributed by atoms with van der Waals surface area (Å²) in [4.78, 5) is 15.2. The van der Waals surface area contributed by atoms with E-state index in [1.165, 1.54) is 11.1 Å². The van der Waals surface area contributed by atoms with Gasteiger partial charge in [0, 0.05) is 18.7 Å². The maximum Gasteiger partial charge on any atom is 0.179 e. The maximum absolute atomic E-state index is 13.0. The highest BCUT2D eigenvalue weighted by Crippen LogP contribution is 2.33. The lowest BCUT2D eigenvalue weighted by Crippen LogP contribution is -2.48. The van der Waals surface area contributed by atoms with Crippen LogP contribution in [0, 0.1) is 0 Å². The summed E-state index contributed by atoms with van der Waals surface area (Å²) in [7, 11) is 0. The van der Waals surface area contributed by atoms with Crippen molar-refractivity contribution in [3.05, 3.63) is 107 Å². The predicted molar refractivity (Wildman–Crippen MR) is 121 cm³/mol. The zero-order valence-corrected chi connectivity index (χ0v) is 17.5. The van der Waals surface area contributed by atoms with Crippen molar-refractivity contribution in [1.82, 2.24) is 4.90 Å². The first-order valence-corrected chi connectivity index (χ1v) is 10.7. The molecular formula is C27H29NO2. The van der Waals surface area contributed by atoms with Crippen LogP contribution in [0.1, 0.15) is 46.8 Å². The molecule has 0 radical (unpaired) electrons. The first-order valence-electron chi connectivity index (χ1n) is 10.7. The van der Waals surface area contributed by atoms with Gasteiger partial charge >= 0.3 is 0 Å². The van der Waals surface area contributed by atoms with Crippen molar-refractivity contribution in [2.24, 2.45) is 0 Å². The maximum atomic E-state index is 13.0. The van der Waals surface area contributed by atoms with Crippen LogP contribution in [0.15, 0.2) is 84.9 Å². The molecule has 0 unspecified atom stereocenters. The molecule has 0 aliphatic carbocycles. The average Bonchev–Trinajstić information content (AvgIpc) is 2.80. The van der Waals surface area contributed by atoms with Gasteiger partial charge in [-0.05, 0) is 42.9 Å². The molecule has 0 spiro atoms. The summed E-state index contributed by atoms with van der Waals surface area (Å²) in [6.07, 6.45) is 2.16. The van der Waals surface area contributed by atoms with E-state index in [4.69, 9.17) is 0 Å². The Morgan fingerprint density at radius 1 is 0.867 bits per heavy atom. The second-order valence-electron chi connectivity index (χ2n) is 8.33. The van der Waals surface area contributed by atoms with E-state index in [-0.39, 0.29) is 11.8 Å². The number of carbonyl (C=O) groups excluding carboxylic acids is 1. The Morgan fingerprint density at radius 3 is 2.00 bits per heavy atom. The van der Waals surface area contributed by atoms with Gasteiger partial charge in [0.15, 0.2) is 5.78 Å². The van der Waals surface area contributed by atoms with E-state index >= 15 is 0 Å². The first-order chi connectivity index (χ1) is 14.5. The van der Waals surface area contributed by atoms with Crippen LogP contribution in [0.25, 0.3) is 0 Å². The highest BCUT2D eigenvalue weighted by Gasteiger charge is 2.36. The number of piperidine rings is 1. The standard InChI is InChI=1S/C27H29NO2/c1-21(28-18-16-27(30,17-19-28)25-10-6-3-7-11-25)26(29)24-14-12-23(13-15-24)20-22-8-4-2-5-9-22/h2-15,21,30H,16-20H2,1H3/t21-/m0/s1. The molecule has 1 heterocycles. The van der Waals surface area contributed by atoms with Gasteiger partial charge in [-0.1, -0.05) is 84.9 Å². The van der Waals surface area contributed by atoms with E-state index in [9.17, 15) is 9.90 Å². The molecule has 3 nitrogen and oxygen atoms in total. The van der Waals surface area contributed by atoms with Gasteiger partial charge in [0.2, 0.25) is 0 Å². The zero-order chi connectivity index (χ0) is 21.0. The zero-order valence-electron chi connectivity index (χ0n) is 17.5. The van der Waals surface area contributed by atoms with Crippen LogP contribution in [0.4, 0.5) is 0 Å². The minimum atomic E-state index is -0.792. The number of ketones is 1. The van der Waals surface area contributed by atoms with Gasteiger partial charge in [-0.3, -0.25) is 9.69 Å². The van der Waals surface area contributed by atoms with Crippen molar-refractivity contribution in [3.8, 4) is 0 Å². The number of carbonyl (C=O) groups is 1. The van der Waals surface area contributed by atoms with Gasteiger partial charge in [-0.25, -0.2) is 0 Å². The fraction of sp³-hybridized carbons (Fsp3) is 0.296. The lowest BCUT2D eigenvalue weighted by molar-refractivity contribution is -0.0318. The average molecular weight is 400 g/mol. The number of hydrogen-bond acceptors (Lipinski definition) is 3. The van der Waals surface area contributed by atoms with Gasteiger partial charge in [-0.2, -0.15) is 0 Å². The number of benzene rings is 3. The fourth-order valence-electron chi connectivity index (χ4n) is 4.34. The highest BCUT2D eigenvalue weighted by molar-refractivity contribution is 5.99. The quantitative estimate of drug-likeness (QED) is 0.604. The van der Waals surface area contributed by atoms with Crippen molar-refractivity contribution < 1.29 is 9.90 Å². The molecule has 30 heavy (non-hydrogen) atoms. The third kappa shape index (κ3) is 4.53. The Balaban J connectivity index is 1.37. The van der Waals surface area contributed by atoms with Crippen LogP contribution in [-0.4, -0.2) is 34.9 Å². The summed E-state index contributed by atoms with van der Waals surface area (Å²) in [5.41, 5.74) is 3.40. The van der Waals surface area contributed by atoms with Gasteiger partial charge in [0.1, 0.15) is 0 Å².